The van der Waals surface area contributed by atoms with Crippen molar-refractivity contribution in [3.63, 3.8) is 0 Å². The zero-order valence-electron chi connectivity index (χ0n) is 14.1. The lowest BCUT2D eigenvalue weighted by molar-refractivity contribution is -0.125. The van der Waals surface area contributed by atoms with E-state index in [9.17, 15) is 22.8 Å². The summed E-state index contributed by atoms with van der Waals surface area (Å²) in [7, 11) is 0. The van der Waals surface area contributed by atoms with E-state index in [2.05, 4.69) is 10.6 Å². The van der Waals surface area contributed by atoms with Crippen molar-refractivity contribution in [1.29, 1.82) is 0 Å². The molecule has 2 N–H and O–H groups in total. The molecule has 0 radical (unpaired) electrons. The first-order valence-corrected chi connectivity index (χ1v) is 8.71. The molecule has 1 aliphatic carbocycles. The summed E-state index contributed by atoms with van der Waals surface area (Å²) in [5.41, 5.74) is 0.561. The number of anilines is 1. The Morgan fingerprint density at radius 1 is 0.963 bits per heavy atom. The van der Waals surface area contributed by atoms with Gasteiger partial charge in [0.05, 0.1) is 17.5 Å². The lowest BCUT2D eigenvalue weighted by Gasteiger charge is -2.08. The Kier molecular flexibility index (Phi) is 5.70. The number of carbonyl (C=O) groups is 2. The number of hydrogen-bond acceptors (Lipinski definition) is 2. The van der Waals surface area contributed by atoms with Crippen LogP contribution in [-0.2, 0) is 16.0 Å². The monoisotopic (exact) mass is 396 g/mol. The minimum absolute atomic E-state index is 0.269. The quantitative estimate of drug-likeness (QED) is 0.732. The third-order valence-corrected chi connectivity index (χ3v) is 4.64. The largest absolute Gasteiger partial charge is 0.356 e. The minimum Gasteiger partial charge on any atom is -0.356 e. The van der Waals surface area contributed by atoms with Gasteiger partial charge in [-0.25, -0.2) is 13.2 Å². The summed E-state index contributed by atoms with van der Waals surface area (Å²) in [6.45, 7) is 0.406. The summed E-state index contributed by atoms with van der Waals surface area (Å²) >= 11 is 5.81. The van der Waals surface area contributed by atoms with Gasteiger partial charge in [0.2, 0.25) is 11.8 Å². The van der Waals surface area contributed by atoms with Crippen molar-refractivity contribution in [1.82, 2.24) is 5.32 Å². The molecule has 0 heterocycles. The third kappa shape index (κ3) is 4.60. The number of nitrogens with one attached hydrogen (secondary N) is 2. The van der Waals surface area contributed by atoms with Crippen LogP contribution in [0, 0.1) is 29.3 Å². The van der Waals surface area contributed by atoms with E-state index in [1.54, 1.807) is 12.1 Å². The second-order valence-electron chi connectivity index (χ2n) is 6.33. The van der Waals surface area contributed by atoms with Crippen molar-refractivity contribution >= 4 is 29.1 Å². The average Bonchev–Trinajstić information content (AvgIpc) is 3.45. The van der Waals surface area contributed by atoms with Crippen LogP contribution >= 0.6 is 11.6 Å². The summed E-state index contributed by atoms with van der Waals surface area (Å²) < 4.78 is 39.7. The molecule has 2 atom stereocenters. The summed E-state index contributed by atoms with van der Waals surface area (Å²) in [5, 5.41) is 5.58. The van der Waals surface area contributed by atoms with Gasteiger partial charge in [0.1, 0.15) is 0 Å². The van der Waals surface area contributed by atoms with Gasteiger partial charge in [-0.3, -0.25) is 9.59 Å². The Morgan fingerprint density at radius 3 is 2.33 bits per heavy atom. The molecular formula is C19H16ClF3N2O2. The highest BCUT2D eigenvalue weighted by Crippen LogP contribution is 2.39. The lowest BCUT2D eigenvalue weighted by atomic mass is 10.1. The average molecular weight is 397 g/mol. The molecule has 1 aliphatic rings. The van der Waals surface area contributed by atoms with Gasteiger partial charge >= 0.3 is 0 Å². The molecule has 0 aromatic heterocycles. The van der Waals surface area contributed by atoms with Crippen molar-refractivity contribution in [3.8, 4) is 0 Å². The number of halogens is 4. The van der Waals surface area contributed by atoms with Gasteiger partial charge in [0, 0.05) is 11.6 Å². The molecular weight excluding hydrogens is 381 g/mol. The molecule has 3 rings (SSSR count). The topological polar surface area (TPSA) is 58.2 Å². The zero-order chi connectivity index (χ0) is 19.6. The van der Waals surface area contributed by atoms with Gasteiger partial charge < -0.3 is 10.6 Å². The Hall–Kier alpha value is -2.54. The van der Waals surface area contributed by atoms with Crippen molar-refractivity contribution in [2.24, 2.45) is 11.8 Å². The molecule has 8 heteroatoms. The van der Waals surface area contributed by atoms with Crippen molar-refractivity contribution in [2.75, 3.05) is 11.9 Å². The van der Waals surface area contributed by atoms with Crippen LogP contribution in [0.15, 0.2) is 36.4 Å². The van der Waals surface area contributed by atoms with Crippen LogP contribution in [-0.4, -0.2) is 18.4 Å². The fraction of sp³-hybridized carbons (Fsp3) is 0.263. The fourth-order valence-electron chi connectivity index (χ4n) is 2.73. The first-order valence-electron chi connectivity index (χ1n) is 8.33. The highest BCUT2D eigenvalue weighted by atomic mass is 35.5. The molecule has 0 saturated heterocycles. The smallest absolute Gasteiger partial charge is 0.228 e. The standard InChI is InChI=1S/C19H16ClF3N2O2/c20-11-3-1-10(2-4-11)7-8-24-18(26)12-9-13(12)19(27)25-15-6-5-14(21)16(22)17(15)23/h1-6,12-13H,7-9H2,(H,24,26)(H,25,27). The number of rotatable bonds is 6. The van der Waals surface area contributed by atoms with Crippen LogP contribution in [0.5, 0.6) is 0 Å². The van der Waals surface area contributed by atoms with E-state index < -0.39 is 40.9 Å². The molecule has 1 fully saturated rings. The molecule has 2 aromatic rings. The van der Waals surface area contributed by atoms with Gasteiger partial charge in [0.15, 0.2) is 17.5 Å². The van der Waals surface area contributed by atoms with Crippen molar-refractivity contribution < 1.29 is 22.8 Å². The highest BCUT2D eigenvalue weighted by molar-refractivity contribution is 6.30. The molecule has 0 spiro atoms. The minimum atomic E-state index is -1.65. The van der Waals surface area contributed by atoms with Crippen LogP contribution in [0.3, 0.4) is 0 Å². The van der Waals surface area contributed by atoms with Crippen molar-refractivity contribution in [2.45, 2.75) is 12.8 Å². The molecule has 142 valence electrons. The Morgan fingerprint density at radius 2 is 1.63 bits per heavy atom. The maximum atomic E-state index is 13.6. The Bertz CT molecular complexity index is 874. The lowest BCUT2D eigenvalue weighted by Crippen LogP contribution is -2.29. The molecule has 4 nitrogen and oxygen atoms in total. The zero-order valence-corrected chi connectivity index (χ0v) is 14.8. The number of hydrogen-bond donors (Lipinski definition) is 2. The second kappa shape index (κ2) is 8.00. The Balaban J connectivity index is 1.47. The number of carbonyl (C=O) groups excluding carboxylic acids is 2. The number of amides is 2. The highest BCUT2D eigenvalue weighted by Gasteiger charge is 2.48. The molecule has 2 amide bonds. The van der Waals surface area contributed by atoms with E-state index in [1.165, 1.54) is 0 Å². The van der Waals surface area contributed by atoms with Crippen LogP contribution in [0.25, 0.3) is 0 Å². The predicted molar refractivity (Wildman–Crippen MR) is 94.7 cm³/mol. The van der Waals surface area contributed by atoms with E-state index in [-0.39, 0.29) is 5.91 Å². The first kappa shape index (κ1) is 19.2. The Labute approximate surface area is 158 Å². The molecule has 0 bridgehead atoms. The van der Waals surface area contributed by atoms with E-state index in [4.69, 9.17) is 11.6 Å². The first-order chi connectivity index (χ1) is 12.9. The molecule has 27 heavy (non-hydrogen) atoms. The molecule has 2 unspecified atom stereocenters. The van der Waals surface area contributed by atoms with E-state index in [0.29, 0.717) is 24.4 Å². The number of benzene rings is 2. The van der Waals surface area contributed by atoms with Gasteiger partial charge in [-0.2, -0.15) is 0 Å². The summed E-state index contributed by atoms with van der Waals surface area (Å²) in [4.78, 5) is 24.2. The summed E-state index contributed by atoms with van der Waals surface area (Å²) in [5.74, 6) is -6.45. The van der Waals surface area contributed by atoms with Gasteiger partial charge in [-0.1, -0.05) is 23.7 Å². The second-order valence-corrected chi connectivity index (χ2v) is 6.76. The van der Waals surface area contributed by atoms with Crippen LogP contribution in [0.2, 0.25) is 5.02 Å². The molecule has 0 aliphatic heterocycles. The van der Waals surface area contributed by atoms with E-state index >= 15 is 0 Å². The summed E-state index contributed by atoms with van der Waals surface area (Å²) in [6, 6.07) is 8.91. The maximum Gasteiger partial charge on any atom is 0.228 e. The van der Waals surface area contributed by atoms with Crippen molar-refractivity contribution in [3.05, 3.63) is 64.4 Å². The maximum absolute atomic E-state index is 13.6. The van der Waals surface area contributed by atoms with Crippen LogP contribution in [0.4, 0.5) is 18.9 Å². The molecule has 1 saturated carbocycles. The predicted octanol–water partition coefficient (Wildman–Crippen LogP) is 3.69. The van der Waals surface area contributed by atoms with Gasteiger partial charge in [-0.05, 0) is 42.7 Å². The third-order valence-electron chi connectivity index (χ3n) is 4.38. The summed E-state index contributed by atoms with van der Waals surface area (Å²) in [6.07, 6.45) is 0.941. The van der Waals surface area contributed by atoms with Crippen LogP contribution < -0.4 is 10.6 Å². The fourth-order valence-corrected chi connectivity index (χ4v) is 2.86. The normalized spacial score (nSPS) is 18.1. The van der Waals surface area contributed by atoms with Gasteiger partial charge in [0.25, 0.3) is 0 Å². The molecule has 2 aromatic carbocycles. The SMILES string of the molecule is O=C(NCCc1ccc(Cl)cc1)C1CC1C(=O)Nc1ccc(F)c(F)c1F. The van der Waals surface area contributed by atoms with E-state index in [0.717, 1.165) is 17.7 Å². The van der Waals surface area contributed by atoms with E-state index in [1.807, 2.05) is 12.1 Å². The van der Waals surface area contributed by atoms with Gasteiger partial charge in [-0.15, -0.1) is 0 Å². The van der Waals surface area contributed by atoms with Crippen LogP contribution in [0.1, 0.15) is 12.0 Å².